The lowest BCUT2D eigenvalue weighted by Gasteiger charge is -2.19. The summed E-state index contributed by atoms with van der Waals surface area (Å²) in [6.07, 6.45) is 62.1. The van der Waals surface area contributed by atoms with Gasteiger partial charge in [-0.1, -0.05) is 230 Å². The van der Waals surface area contributed by atoms with E-state index in [4.69, 9.17) is 24.3 Å². The van der Waals surface area contributed by atoms with Crippen LogP contribution in [0.5, 0.6) is 0 Å². The monoisotopic (exact) mass is 952 g/mol. The van der Waals surface area contributed by atoms with Gasteiger partial charge in [0.05, 0.1) is 13.2 Å². The SMILES string of the molecule is CCCCCCC/C=C\C/C=C\CCCCCCCCCCCCCCCCCCCCCC(=O)OC(COC(=O)CCCCCCC/C=C\CCCCCCC)COP(=O)(O)OCCN. The second-order valence-corrected chi connectivity index (χ2v) is 20.3. The normalized spacial score (nSPS) is 13.3. The number of ether oxygens (including phenoxy) is 2. The van der Waals surface area contributed by atoms with Crippen LogP contribution < -0.4 is 5.73 Å². The van der Waals surface area contributed by atoms with Gasteiger partial charge in [0.25, 0.3) is 0 Å². The van der Waals surface area contributed by atoms with E-state index in [1.54, 1.807) is 0 Å². The van der Waals surface area contributed by atoms with E-state index < -0.39 is 26.5 Å². The third-order valence-electron chi connectivity index (χ3n) is 12.2. The van der Waals surface area contributed by atoms with Crippen molar-refractivity contribution in [2.75, 3.05) is 26.4 Å². The molecule has 3 N–H and O–H groups in total. The maximum atomic E-state index is 12.7. The molecule has 388 valence electrons. The van der Waals surface area contributed by atoms with Gasteiger partial charge in [-0.05, 0) is 70.6 Å². The van der Waals surface area contributed by atoms with E-state index in [0.29, 0.717) is 6.42 Å². The van der Waals surface area contributed by atoms with Crippen LogP contribution in [0.3, 0.4) is 0 Å². The smallest absolute Gasteiger partial charge is 0.462 e. The number of nitrogens with two attached hydrogens (primary N) is 1. The van der Waals surface area contributed by atoms with E-state index in [9.17, 15) is 19.0 Å². The van der Waals surface area contributed by atoms with Crippen molar-refractivity contribution in [3.63, 3.8) is 0 Å². The van der Waals surface area contributed by atoms with Crippen molar-refractivity contribution in [3.05, 3.63) is 36.5 Å². The average Bonchev–Trinajstić information content (AvgIpc) is 3.31. The summed E-state index contributed by atoms with van der Waals surface area (Å²) in [4.78, 5) is 35.1. The van der Waals surface area contributed by atoms with Crippen molar-refractivity contribution in [2.45, 2.75) is 283 Å². The van der Waals surface area contributed by atoms with Gasteiger partial charge in [-0.15, -0.1) is 0 Å². The van der Waals surface area contributed by atoms with E-state index in [-0.39, 0.29) is 38.6 Å². The molecule has 0 aliphatic carbocycles. The molecule has 66 heavy (non-hydrogen) atoms. The molecule has 0 rings (SSSR count). The zero-order chi connectivity index (χ0) is 48.1. The number of unbranched alkanes of at least 4 members (excludes halogenated alkanes) is 34. The van der Waals surface area contributed by atoms with Gasteiger partial charge < -0.3 is 20.1 Å². The largest absolute Gasteiger partial charge is 0.472 e. The van der Waals surface area contributed by atoms with Crippen molar-refractivity contribution in [3.8, 4) is 0 Å². The van der Waals surface area contributed by atoms with Crippen LogP contribution in [-0.4, -0.2) is 49.3 Å². The first-order valence-electron chi connectivity index (χ1n) is 28.0. The lowest BCUT2D eigenvalue weighted by atomic mass is 10.0. The lowest BCUT2D eigenvalue weighted by molar-refractivity contribution is -0.161. The summed E-state index contributed by atoms with van der Waals surface area (Å²) in [6, 6.07) is 0. The fraction of sp³-hybridized carbons (Fsp3) is 0.857. The van der Waals surface area contributed by atoms with Crippen molar-refractivity contribution >= 4 is 19.8 Å². The van der Waals surface area contributed by atoms with Gasteiger partial charge in [0.15, 0.2) is 6.10 Å². The third-order valence-corrected chi connectivity index (χ3v) is 13.2. The van der Waals surface area contributed by atoms with Crippen molar-refractivity contribution < 1.29 is 37.6 Å². The van der Waals surface area contributed by atoms with E-state index >= 15 is 0 Å². The van der Waals surface area contributed by atoms with E-state index in [1.165, 1.54) is 186 Å². The number of carbonyl (C=O) groups is 2. The summed E-state index contributed by atoms with van der Waals surface area (Å²) < 4.78 is 32.9. The van der Waals surface area contributed by atoms with E-state index in [2.05, 4.69) is 50.3 Å². The Morgan fingerprint density at radius 1 is 0.455 bits per heavy atom. The Kier molecular flexibility index (Phi) is 51.2. The predicted octanol–water partition coefficient (Wildman–Crippen LogP) is 17.2. The maximum absolute atomic E-state index is 12.7. The Hall–Kier alpha value is -1.77. The van der Waals surface area contributed by atoms with Crippen LogP contribution in [0, 0.1) is 0 Å². The summed E-state index contributed by atoms with van der Waals surface area (Å²) in [7, 11) is -4.38. The molecule has 2 unspecified atom stereocenters. The summed E-state index contributed by atoms with van der Waals surface area (Å²) in [5.74, 6) is -0.827. The molecule has 0 radical (unpaired) electrons. The van der Waals surface area contributed by atoms with E-state index in [1.807, 2.05) is 0 Å². The Bertz CT molecular complexity index is 1180. The molecule has 0 fully saturated rings. The van der Waals surface area contributed by atoms with Gasteiger partial charge >= 0.3 is 19.8 Å². The molecule has 2 atom stereocenters. The molecule has 0 saturated heterocycles. The molecule has 0 aromatic heterocycles. The summed E-state index contributed by atoms with van der Waals surface area (Å²) in [5, 5.41) is 0. The molecular weight excluding hydrogens is 846 g/mol. The van der Waals surface area contributed by atoms with Crippen LogP contribution >= 0.6 is 7.82 Å². The number of allylic oxidation sites excluding steroid dienone is 6. The first kappa shape index (κ1) is 64.2. The van der Waals surface area contributed by atoms with Crippen LogP contribution in [0.1, 0.15) is 277 Å². The molecule has 0 amide bonds. The zero-order valence-electron chi connectivity index (χ0n) is 43.2. The minimum absolute atomic E-state index is 0.0537. The van der Waals surface area contributed by atoms with Gasteiger partial charge in [0, 0.05) is 19.4 Å². The first-order chi connectivity index (χ1) is 32.3. The Morgan fingerprint density at radius 2 is 0.788 bits per heavy atom. The second kappa shape index (κ2) is 52.6. The standard InChI is InChI=1S/C56H106NO8P/c1-3-5-7-9-11-13-15-17-19-20-21-22-23-24-25-26-27-28-29-30-31-32-33-34-35-37-39-41-43-45-47-49-56(59)65-54(53-64-66(60,61)63-51-50-57)52-62-55(58)48-46-44-42-40-38-36-18-16-14-12-10-8-6-4-2/h15-18,20-21,54H,3-14,19,22-53,57H2,1-2H3,(H,60,61)/b17-15-,18-16-,21-20-. The van der Waals surface area contributed by atoms with Crippen LogP contribution in [0.2, 0.25) is 0 Å². The van der Waals surface area contributed by atoms with Crippen LogP contribution in [0.25, 0.3) is 0 Å². The van der Waals surface area contributed by atoms with Crippen molar-refractivity contribution in [1.82, 2.24) is 0 Å². The molecule has 0 aliphatic rings. The molecule has 9 nitrogen and oxygen atoms in total. The molecule has 0 aromatic carbocycles. The highest BCUT2D eigenvalue weighted by Gasteiger charge is 2.26. The molecular formula is C56H106NO8P. The molecule has 0 aromatic rings. The minimum Gasteiger partial charge on any atom is -0.462 e. The van der Waals surface area contributed by atoms with Crippen molar-refractivity contribution in [1.29, 1.82) is 0 Å². The molecule has 10 heteroatoms. The number of phosphoric acid groups is 1. The number of hydrogen-bond acceptors (Lipinski definition) is 8. The molecule has 0 heterocycles. The summed E-state index contributed by atoms with van der Waals surface area (Å²) >= 11 is 0. The summed E-state index contributed by atoms with van der Waals surface area (Å²) in [5.41, 5.74) is 5.37. The Morgan fingerprint density at radius 3 is 1.17 bits per heavy atom. The third kappa shape index (κ3) is 51.6. The number of hydrogen-bond donors (Lipinski definition) is 2. The van der Waals surface area contributed by atoms with Crippen LogP contribution in [-0.2, 0) is 32.7 Å². The summed E-state index contributed by atoms with van der Waals surface area (Å²) in [6.45, 7) is 3.74. The van der Waals surface area contributed by atoms with Gasteiger partial charge in [0.1, 0.15) is 6.61 Å². The Labute approximate surface area is 407 Å². The highest BCUT2D eigenvalue weighted by molar-refractivity contribution is 7.47. The topological polar surface area (TPSA) is 134 Å². The van der Waals surface area contributed by atoms with Gasteiger partial charge in [0.2, 0.25) is 0 Å². The fourth-order valence-electron chi connectivity index (χ4n) is 8.07. The van der Waals surface area contributed by atoms with Gasteiger partial charge in [-0.25, -0.2) is 4.57 Å². The molecule has 0 aliphatic heterocycles. The fourth-order valence-corrected chi connectivity index (χ4v) is 8.84. The number of phosphoric ester groups is 1. The number of rotatable bonds is 53. The number of esters is 2. The second-order valence-electron chi connectivity index (χ2n) is 18.8. The highest BCUT2D eigenvalue weighted by Crippen LogP contribution is 2.43. The van der Waals surface area contributed by atoms with Gasteiger partial charge in [-0.3, -0.25) is 18.6 Å². The lowest BCUT2D eigenvalue weighted by Crippen LogP contribution is -2.29. The highest BCUT2D eigenvalue weighted by atomic mass is 31.2. The van der Waals surface area contributed by atoms with Gasteiger partial charge in [-0.2, -0.15) is 0 Å². The molecule has 0 bridgehead atoms. The Balaban J connectivity index is 3.88. The predicted molar refractivity (Wildman–Crippen MR) is 280 cm³/mol. The first-order valence-corrected chi connectivity index (χ1v) is 29.5. The van der Waals surface area contributed by atoms with E-state index in [0.717, 1.165) is 57.8 Å². The average molecular weight is 952 g/mol. The minimum atomic E-state index is -4.38. The van der Waals surface area contributed by atoms with Crippen LogP contribution in [0.4, 0.5) is 0 Å². The quantitative estimate of drug-likeness (QED) is 0.0264. The molecule has 0 spiro atoms. The van der Waals surface area contributed by atoms with Crippen LogP contribution in [0.15, 0.2) is 36.5 Å². The maximum Gasteiger partial charge on any atom is 0.472 e. The van der Waals surface area contributed by atoms with Crippen molar-refractivity contribution in [2.24, 2.45) is 5.73 Å². The zero-order valence-corrected chi connectivity index (χ0v) is 44.1. The molecule has 0 saturated carbocycles. The number of carbonyl (C=O) groups excluding carboxylic acids is 2.